The number of nitrogens with two attached hydrogens (primary N) is 2. The highest BCUT2D eigenvalue weighted by molar-refractivity contribution is 5.81. The molecular weight excluding hydrogens is 331 g/mol. The van der Waals surface area contributed by atoms with Gasteiger partial charge in [-0.05, 0) is 30.0 Å². The summed E-state index contributed by atoms with van der Waals surface area (Å²) in [7, 11) is 1.63. The summed E-state index contributed by atoms with van der Waals surface area (Å²) in [5.74, 6) is -2.16. The van der Waals surface area contributed by atoms with Crippen LogP contribution in [0.2, 0.25) is 0 Å². The fourth-order valence-electron chi connectivity index (χ4n) is 1.96. The molecule has 0 heterocycles. The van der Waals surface area contributed by atoms with E-state index in [1.165, 1.54) is 0 Å². The zero-order chi connectivity index (χ0) is 18.5. The monoisotopic (exact) mass is 347 g/mol. The van der Waals surface area contributed by atoms with Crippen molar-refractivity contribution >= 4 is 17.8 Å². The number of guanidine groups is 1. The van der Waals surface area contributed by atoms with Gasteiger partial charge >= 0.3 is 12.1 Å². The first-order chi connectivity index (χ1) is 11.1. The van der Waals surface area contributed by atoms with Crippen molar-refractivity contribution in [3.63, 3.8) is 0 Å². The number of hydrogen-bond donors (Lipinski definition) is 3. The van der Waals surface area contributed by atoms with Crippen LogP contribution in [0.4, 0.5) is 13.2 Å². The summed E-state index contributed by atoms with van der Waals surface area (Å²) >= 11 is 0. The Bertz CT molecular complexity index is 642. The number of aliphatic carboxylic acids is 1. The first-order valence-corrected chi connectivity index (χ1v) is 6.67. The van der Waals surface area contributed by atoms with Crippen LogP contribution in [-0.2, 0) is 9.59 Å². The Hall–Kier alpha value is -2.78. The van der Waals surface area contributed by atoms with E-state index in [0.29, 0.717) is 0 Å². The van der Waals surface area contributed by atoms with Gasteiger partial charge in [-0.3, -0.25) is 16.3 Å². The minimum Gasteiger partial charge on any atom is -0.542 e. The standard InChI is InChI=1S/C12H15N3O2.C2HF3O2/c1-17-8-4-2-3-7(5-8)9-6-10(9)11(16)15-12(13)14;3-2(4,5)1(6)7/h2-5,9-10H,6H2,1H3,(H4,13,14,15,16);(H,6,7)/t9-,10+;/m1./s1. The smallest absolute Gasteiger partial charge is 0.430 e. The Morgan fingerprint density at radius 3 is 2.38 bits per heavy atom. The molecule has 1 amide bonds. The van der Waals surface area contributed by atoms with E-state index in [4.69, 9.17) is 26.1 Å². The summed E-state index contributed by atoms with van der Waals surface area (Å²) in [4.78, 5) is 22.9. The van der Waals surface area contributed by atoms with Gasteiger partial charge in [-0.15, -0.1) is 0 Å². The molecule has 0 radical (unpaired) electrons. The third kappa shape index (κ3) is 5.78. The number of carboxylic acid groups (broad SMARTS) is 1. The van der Waals surface area contributed by atoms with Crippen LogP contribution < -0.4 is 26.3 Å². The summed E-state index contributed by atoms with van der Waals surface area (Å²) < 4.78 is 36.7. The number of nitrogens with one attached hydrogen (secondary N) is 1. The lowest BCUT2D eigenvalue weighted by Crippen LogP contribution is -2.82. The zero-order valence-electron chi connectivity index (χ0n) is 12.6. The van der Waals surface area contributed by atoms with E-state index >= 15 is 0 Å². The van der Waals surface area contributed by atoms with Crippen molar-refractivity contribution in [2.45, 2.75) is 18.5 Å². The van der Waals surface area contributed by atoms with Crippen LogP contribution in [0.25, 0.3) is 0 Å². The summed E-state index contributed by atoms with van der Waals surface area (Å²) in [6, 6.07) is 7.75. The van der Waals surface area contributed by atoms with Crippen molar-refractivity contribution in [3.05, 3.63) is 29.8 Å². The van der Waals surface area contributed by atoms with Gasteiger partial charge in [-0.2, -0.15) is 13.2 Å². The molecule has 0 aromatic heterocycles. The van der Waals surface area contributed by atoms with Crippen molar-refractivity contribution in [2.75, 3.05) is 7.11 Å². The number of rotatable bonds is 3. The molecule has 24 heavy (non-hydrogen) atoms. The molecular formula is C14H16F3N3O4. The molecule has 1 aromatic rings. The van der Waals surface area contributed by atoms with Gasteiger partial charge < -0.3 is 14.6 Å². The lowest BCUT2D eigenvalue weighted by Gasteiger charge is -2.03. The Balaban J connectivity index is 0.000000351. The third-order valence-electron chi connectivity index (χ3n) is 3.15. The van der Waals surface area contributed by atoms with Crippen LogP contribution >= 0.6 is 0 Å². The molecule has 0 unspecified atom stereocenters. The second kappa shape index (κ2) is 7.66. The van der Waals surface area contributed by atoms with Crippen molar-refractivity contribution in [1.29, 1.82) is 0 Å². The largest absolute Gasteiger partial charge is 0.542 e. The van der Waals surface area contributed by atoms with Gasteiger partial charge in [-0.25, -0.2) is 4.99 Å². The fraction of sp³-hybridized carbons (Fsp3) is 0.357. The number of benzene rings is 1. The molecule has 1 aliphatic rings. The number of carbonyl (C=O) groups is 2. The van der Waals surface area contributed by atoms with Gasteiger partial charge in [-0.1, -0.05) is 12.1 Å². The van der Waals surface area contributed by atoms with E-state index in [9.17, 15) is 18.0 Å². The number of methoxy groups -OCH3 is 1. The lowest BCUT2D eigenvalue weighted by molar-refractivity contribution is -0.381. The number of carboxylic acids is 1. The molecule has 0 saturated heterocycles. The normalized spacial score (nSPS) is 18.7. The number of carbonyl (C=O) groups excluding carboxylic acids is 2. The van der Waals surface area contributed by atoms with Gasteiger partial charge in [0.15, 0.2) is 0 Å². The average molecular weight is 347 g/mol. The molecule has 5 N–H and O–H groups in total. The van der Waals surface area contributed by atoms with E-state index in [1.54, 1.807) is 7.11 Å². The van der Waals surface area contributed by atoms with Gasteiger partial charge in [0.1, 0.15) is 11.7 Å². The SMILES string of the molecule is COc1cccc([C@H]2C[C@@H]2C(=O)[NH+]=C(N)N)c1.O=C([O-])C(F)(F)F. The number of hydrogen-bond acceptors (Lipinski definition) is 4. The van der Waals surface area contributed by atoms with Crippen LogP contribution in [0.5, 0.6) is 5.75 Å². The van der Waals surface area contributed by atoms with Gasteiger partial charge in [0.25, 0.3) is 5.91 Å². The zero-order valence-corrected chi connectivity index (χ0v) is 12.6. The molecule has 0 spiro atoms. The highest BCUT2D eigenvalue weighted by Gasteiger charge is 2.45. The number of alkyl halides is 3. The fourth-order valence-corrected chi connectivity index (χ4v) is 1.96. The molecule has 2 atom stereocenters. The minimum atomic E-state index is -5.19. The summed E-state index contributed by atoms with van der Waals surface area (Å²) in [6.45, 7) is 0. The van der Waals surface area contributed by atoms with Crippen LogP contribution in [0.3, 0.4) is 0 Å². The summed E-state index contributed by atoms with van der Waals surface area (Å²) in [5.41, 5.74) is 11.6. The summed E-state index contributed by atoms with van der Waals surface area (Å²) in [5, 5.41) is 8.78. The van der Waals surface area contributed by atoms with E-state index < -0.39 is 12.1 Å². The lowest BCUT2D eigenvalue weighted by atomic mass is 10.1. The van der Waals surface area contributed by atoms with Crippen molar-refractivity contribution in [1.82, 2.24) is 0 Å². The van der Waals surface area contributed by atoms with Crippen molar-refractivity contribution in [3.8, 4) is 5.75 Å². The van der Waals surface area contributed by atoms with Crippen LogP contribution in [0.15, 0.2) is 24.3 Å². The van der Waals surface area contributed by atoms with Gasteiger partial charge in [0.2, 0.25) is 0 Å². The van der Waals surface area contributed by atoms with Crippen LogP contribution in [-0.4, -0.2) is 31.1 Å². The van der Waals surface area contributed by atoms with E-state index in [0.717, 1.165) is 17.7 Å². The van der Waals surface area contributed by atoms with E-state index in [-0.39, 0.29) is 23.7 Å². The molecule has 1 fully saturated rings. The van der Waals surface area contributed by atoms with Crippen molar-refractivity contribution in [2.24, 2.45) is 17.4 Å². The second-order valence-corrected chi connectivity index (χ2v) is 4.96. The topological polar surface area (TPSA) is 132 Å². The van der Waals surface area contributed by atoms with Gasteiger partial charge in [0, 0.05) is 0 Å². The van der Waals surface area contributed by atoms with Crippen LogP contribution in [0.1, 0.15) is 17.9 Å². The quantitative estimate of drug-likeness (QED) is 0.427. The molecule has 2 rings (SSSR count). The molecule has 7 nitrogen and oxygen atoms in total. The average Bonchev–Trinajstić information content (AvgIpc) is 3.27. The highest BCUT2D eigenvalue weighted by Crippen LogP contribution is 2.47. The maximum atomic E-state index is 11.6. The number of amides is 1. The van der Waals surface area contributed by atoms with E-state index in [1.807, 2.05) is 24.3 Å². The Morgan fingerprint density at radius 1 is 1.33 bits per heavy atom. The molecule has 10 heteroatoms. The van der Waals surface area contributed by atoms with Gasteiger partial charge in [0.05, 0.1) is 13.0 Å². The highest BCUT2D eigenvalue weighted by atomic mass is 19.4. The number of ether oxygens (including phenoxy) is 1. The third-order valence-corrected chi connectivity index (χ3v) is 3.15. The molecule has 1 aromatic carbocycles. The number of halogens is 3. The second-order valence-electron chi connectivity index (χ2n) is 4.96. The molecule has 1 aliphatic carbocycles. The molecule has 0 bridgehead atoms. The molecule has 0 aliphatic heterocycles. The summed E-state index contributed by atoms with van der Waals surface area (Å²) in [6.07, 6.45) is -4.37. The first kappa shape index (κ1) is 19.3. The molecule has 1 saturated carbocycles. The first-order valence-electron chi connectivity index (χ1n) is 6.67. The predicted molar refractivity (Wildman–Crippen MR) is 74.3 cm³/mol. The van der Waals surface area contributed by atoms with Crippen molar-refractivity contribution < 1.29 is 37.6 Å². The minimum absolute atomic E-state index is 0.0378. The van der Waals surface area contributed by atoms with E-state index in [2.05, 4.69) is 4.99 Å². The Labute approximate surface area is 135 Å². The van der Waals surface area contributed by atoms with Crippen LogP contribution in [0, 0.1) is 5.92 Å². The maximum absolute atomic E-state index is 11.6. The Kier molecular flexibility index (Phi) is 6.15. The predicted octanol–water partition coefficient (Wildman–Crippen LogP) is -2.02. The maximum Gasteiger partial charge on any atom is 0.430 e. The molecule has 132 valence electrons. The Morgan fingerprint density at radius 2 is 1.92 bits per heavy atom.